The highest BCUT2D eigenvalue weighted by atomic mass is 15.2. The smallest absolute Gasteiger partial charge is 0.0215 e. The first kappa shape index (κ1) is 12.0. The maximum Gasteiger partial charge on any atom is 0.0215 e. The molecular formula is C11H25N3. The second-order valence-electron chi connectivity index (χ2n) is 5.41. The highest BCUT2D eigenvalue weighted by molar-refractivity contribution is 4.95. The van der Waals surface area contributed by atoms with E-state index in [0.717, 1.165) is 6.54 Å². The minimum Gasteiger partial charge on any atom is -0.327 e. The van der Waals surface area contributed by atoms with Gasteiger partial charge >= 0.3 is 0 Å². The van der Waals surface area contributed by atoms with Crippen molar-refractivity contribution in [2.24, 2.45) is 5.73 Å². The number of rotatable bonds is 3. The number of likely N-dealkylation sites (tertiary alicyclic amines) is 1. The quantitative estimate of drug-likeness (QED) is 0.706. The summed E-state index contributed by atoms with van der Waals surface area (Å²) >= 11 is 0. The topological polar surface area (TPSA) is 41.3 Å². The van der Waals surface area contributed by atoms with Gasteiger partial charge in [-0.2, -0.15) is 0 Å². The van der Waals surface area contributed by atoms with E-state index in [1.807, 2.05) is 0 Å². The minimum atomic E-state index is 0.226. The number of hydrogen-bond donors (Lipinski definition) is 2. The summed E-state index contributed by atoms with van der Waals surface area (Å²) in [6.07, 6.45) is 1.21. The molecular weight excluding hydrogens is 174 g/mol. The largest absolute Gasteiger partial charge is 0.327 e. The normalized spacial score (nSPS) is 31.7. The molecule has 0 saturated carbocycles. The number of hydrogen-bond acceptors (Lipinski definition) is 3. The van der Waals surface area contributed by atoms with Crippen LogP contribution in [0.25, 0.3) is 0 Å². The van der Waals surface area contributed by atoms with Crippen molar-refractivity contribution in [3.05, 3.63) is 0 Å². The van der Waals surface area contributed by atoms with Gasteiger partial charge in [0.05, 0.1) is 0 Å². The van der Waals surface area contributed by atoms with E-state index >= 15 is 0 Å². The van der Waals surface area contributed by atoms with Crippen LogP contribution in [0.2, 0.25) is 0 Å². The zero-order valence-electron chi connectivity index (χ0n) is 10.2. The Bertz CT molecular complexity index is 189. The maximum atomic E-state index is 5.84. The van der Waals surface area contributed by atoms with E-state index in [0.29, 0.717) is 17.6 Å². The van der Waals surface area contributed by atoms with Gasteiger partial charge in [-0.3, -0.25) is 4.90 Å². The fourth-order valence-corrected chi connectivity index (χ4v) is 2.04. The molecule has 1 rings (SSSR count). The van der Waals surface area contributed by atoms with Gasteiger partial charge in [-0.05, 0) is 41.2 Å². The predicted octanol–water partition coefficient (Wildman–Crippen LogP) is 0.794. The monoisotopic (exact) mass is 199 g/mol. The summed E-state index contributed by atoms with van der Waals surface area (Å²) < 4.78 is 0. The molecule has 84 valence electrons. The molecule has 0 aromatic rings. The number of nitrogens with zero attached hydrogens (tertiary/aromatic N) is 1. The highest BCUT2D eigenvalue weighted by Gasteiger charge is 2.36. The van der Waals surface area contributed by atoms with Gasteiger partial charge in [0.15, 0.2) is 0 Å². The van der Waals surface area contributed by atoms with Crippen molar-refractivity contribution in [3.8, 4) is 0 Å². The zero-order chi connectivity index (χ0) is 10.9. The molecule has 1 heterocycles. The molecule has 1 saturated heterocycles. The molecule has 0 aliphatic carbocycles. The molecule has 3 unspecified atom stereocenters. The molecule has 3 heteroatoms. The van der Waals surface area contributed by atoms with Crippen molar-refractivity contribution in [3.63, 3.8) is 0 Å². The minimum absolute atomic E-state index is 0.226. The van der Waals surface area contributed by atoms with Gasteiger partial charge in [-0.15, -0.1) is 0 Å². The summed E-state index contributed by atoms with van der Waals surface area (Å²) in [5.74, 6) is 0. The Hall–Kier alpha value is -0.120. The van der Waals surface area contributed by atoms with Crippen LogP contribution in [0.5, 0.6) is 0 Å². The fraction of sp³-hybridized carbons (Fsp3) is 1.00. The highest BCUT2D eigenvalue weighted by Crippen LogP contribution is 2.26. The van der Waals surface area contributed by atoms with Gasteiger partial charge in [-0.1, -0.05) is 0 Å². The van der Waals surface area contributed by atoms with E-state index < -0.39 is 0 Å². The van der Waals surface area contributed by atoms with Crippen molar-refractivity contribution in [2.75, 3.05) is 13.6 Å². The molecule has 0 aromatic heterocycles. The van der Waals surface area contributed by atoms with Crippen LogP contribution in [-0.4, -0.2) is 42.2 Å². The van der Waals surface area contributed by atoms with Gasteiger partial charge in [0.25, 0.3) is 0 Å². The standard InChI is InChI=1S/C11H25N3/c1-8(12)9(2)13-10-6-11(3,4)14(5)7-10/h8-10,13H,6-7,12H2,1-5H3. The van der Waals surface area contributed by atoms with E-state index in [2.05, 4.69) is 45.0 Å². The van der Waals surface area contributed by atoms with Gasteiger partial charge in [0.1, 0.15) is 0 Å². The Labute approximate surface area is 88.0 Å². The second kappa shape index (κ2) is 4.17. The molecule has 1 aliphatic heterocycles. The molecule has 1 fully saturated rings. The molecule has 3 atom stereocenters. The van der Waals surface area contributed by atoms with Crippen molar-refractivity contribution < 1.29 is 0 Å². The summed E-state index contributed by atoms with van der Waals surface area (Å²) in [4.78, 5) is 2.42. The maximum absolute atomic E-state index is 5.84. The lowest BCUT2D eigenvalue weighted by atomic mass is 10.00. The molecule has 0 radical (unpaired) electrons. The van der Waals surface area contributed by atoms with Crippen LogP contribution in [0.4, 0.5) is 0 Å². The summed E-state index contributed by atoms with van der Waals surface area (Å²) in [6.45, 7) is 9.94. The third kappa shape index (κ3) is 2.69. The number of nitrogens with one attached hydrogen (secondary N) is 1. The third-order valence-electron chi connectivity index (χ3n) is 3.56. The van der Waals surface area contributed by atoms with E-state index in [4.69, 9.17) is 5.73 Å². The van der Waals surface area contributed by atoms with Gasteiger partial charge in [0, 0.05) is 30.2 Å². The number of nitrogens with two attached hydrogens (primary N) is 1. The van der Waals surface area contributed by atoms with Gasteiger partial charge in [0.2, 0.25) is 0 Å². The van der Waals surface area contributed by atoms with E-state index in [1.54, 1.807) is 0 Å². The average Bonchev–Trinajstić information content (AvgIpc) is 2.25. The number of likely N-dealkylation sites (N-methyl/N-ethyl adjacent to an activating group) is 1. The lowest BCUT2D eigenvalue weighted by Gasteiger charge is -2.26. The summed E-state index contributed by atoms with van der Waals surface area (Å²) in [5.41, 5.74) is 6.17. The van der Waals surface area contributed by atoms with Gasteiger partial charge < -0.3 is 11.1 Å². The predicted molar refractivity (Wildman–Crippen MR) is 61.4 cm³/mol. The molecule has 14 heavy (non-hydrogen) atoms. The first-order valence-electron chi connectivity index (χ1n) is 5.56. The third-order valence-corrected chi connectivity index (χ3v) is 3.56. The van der Waals surface area contributed by atoms with Crippen molar-refractivity contribution in [1.82, 2.24) is 10.2 Å². The Morgan fingerprint density at radius 1 is 1.43 bits per heavy atom. The van der Waals surface area contributed by atoms with E-state index in [1.165, 1.54) is 6.42 Å². The molecule has 3 nitrogen and oxygen atoms in total. The summed E-state index contributed by atoms with van der Waals surface area (Å²) in [7, 11) is 2.19. The van der Waals surface area contributed by atoms with Crippen LogP contribution in [0.3, 0.4) is 0 Å². The zero-order valence-corrected chi connectivity index (χ0v) is 10.2. The SMILES string of the molecule is CC(N)C(C)NC1CN(C)C(C)(C)C1. The van der Waals surface area contributed by atoms with Crippen LogP contribution < -0.4 is 11.1 Å². The van der Waals surface area contributed by atoms with E-state index in [9.17, 15) is 0 Å². The Morgan fingerprint density at radius 3 is 2.36 bits per heavy atom. The van der Waals surface area contributed by atoms with Gasteiger partial charge in [-0.25, -0.2) is 0 Å². The van der Waals surface area contributed by atoms with Crippen molar-refractivity contribution in [2.45, 2.75) is 57.8 Å². The second-order valence-corrected chi connectivity index (χ2v) is 5.41. The fourth-order valence-electron chi connectivity index (χ4n) is 2.04. The molecule has 3 N–H and O–H groups in total. The van der Waals surface area contributed by atoms with Crippen LogP contribution in [0, 0.1) is 0 Å². The average molecular weight is 199 g/mol. The summed E-state index contributed by atoms with van der Waals surface area (Å²) in [5, 5.41) is 3.60. The van der Waals surface area contributed by atoms with E-state index in [-0.39, 0.29) is 6.04 Å². The molecule has 0 bridgehead atoms. The van der Waals surface area contributed by atoms with Crippen LogP contribution in [-0.2, 0) is 0 Å². The molecule has 0 spiro atoms. The Balaban J connectivity index is 2.43. The Morgan fingerprint density at radius 2 is 2.00 bits per heavy atom. The lowest BCUT2D eigenvalue weighted by Crippen LogP contribution is -2.46. The molecule has 0 aromatic carbocycles. The lowest BCUT2D eigenvalue weighted by molar-refractivity contribution is 0.218. The van der Waals surface area contributed by atoms with Crippen LogP contribution in [0.1, 0.15) is 34.1 Å². The first-order chi connectivity index (χ1) is 6.33. The Kier molecular flexibility index (Phi) is 3.56. The molecule has 1 aliphatic rings. The summed E-state index contributed by atoms with van der Waals surface area (Å²) in [6, 6.07) is 1.22. The van der Waals surface area contributed by atoms with Crippen molar-refractivity contribution >= 4 is 0 Å². The molecule has 0 amide bonds. The van der Waals surface area contributed by atoms with Crippen molar-refractivity contribution in [1.29, 1.82) is 0 Å². The van der Waals surface area contributed by atoms with Crippen LogP contribution in [0.15, 0.2) is 0 Å². The first-order valence-corrected chi connectivity index (χ1v) is 5.56. The van der Waals surface area contributed by atoms with Crippen LogP contribution >= 0.6 is 0 Å².